The van der Waals surface area contributed by atoms with Gasteiger partial charge in [0.15, 0.2) is 0 Å². The largest absolute Gasteiger partial charge is 1.00 e. The Kier molecular flexibility index (Phi) is 7.02. The minimum atomic E-state index is -1.60. The Labute approximate surface area is 118 Å². The quantitative estimate of drug-likeness (QED) is 0.524. The second-order valence-corrected chi connectivity index (χ2v) is 9.63. The molecule has 16 heavy (non-hydrogen) atoms. The second-order valence-electron chi connectivity index (χ2n) is 4.12. The van der Waals surface area contributed by atoms with Gasteiger partial charge in [-0.1, -0.05) is 0 Å². The van der Waals surface area contributed by atoms with Crippen molar-refractivity contribution in [2.45, 2.75) is 26.7 Å². The van der Waals surface area contributed by atoms with Crippen LogP contribution < -0.4 is 24.8 Å². The molecule has 0 heterocycles. The van der Waals surface area contributed by atoms with Gasteiger partial charge in [-0.25, -0.2) is 0 Å². The van der Waals surface area contributed by atoms with Crippen molar-refractivity contribution >= 4 is 4.21 Å². The zero-order valence-electron chi connectivity index (χ0n) is 9.69. The summed E-state index contributed by atoms with van der Waals surface area (Å²) in [7, 11) is 0. The van der Waals surface area contributed by atoms with E-state index in [1.165, 1.54) is 24.0 Å². The SMILES string of the molecule is [CH2]=[Zr+2]([C]1=CC(C)=CC1)[C]1=CC(C)=CC1.[Cl-].[Cl-]. The average Bonchev–Trinajstić information content (AvgIpc) is 2.73. The summed E-state index contributed by atoms with van der Waals surface area (Å²) in [4.78, 5) is 0. The molecule has 0 aromatic rings. The van der Waals surface area contributed by atoms with E-state index < -0.39 is 21.3 Å². The standard InChI is InChI=1S/2C6H7.CH2.2ClH.Zr/c2*1-6-4-2-3-5-6;;;;/h2*4-5H,2H2,1H3;1H2;2*1H;/q;;;;;+2/p-2. The Balaban J connectivity index is 0.00000112. The van der Waals surface area contributed by atoms with E-state index in [4.69, 9.17) is 0 Å². The first-order valence-electron chi connectivity index (χ1n) is 5.11. The zero-order valence-corrected chi connectivity index (χ0v) is 13.7. The van der Waals surface area contributed by atoms with Crippen LogP contribution in [0.1, 0.15) is 26.7 Å². The molecule has 86 valence electrons. The fourth-order valence-corrected chi connectivity index (χ4v) is 6.66. The maximum atomic E-state index is 4.46. The number of halogens is 2. The van der Waals surface area contributed by atoms with Gasteiger partial charge in [0.25, 0.3) is 0 Å². The van der Waals surface area contributed by atoms with Crippen molar-refractivity contribution < 1.29 is 46.1 Å². The first kappa shape index (κ1) is 16.3. The van der Waals surface area contributed by atoms with E-state index in [0.29, 0.717) is 0 Å². The number of hydrogen-bond acceptors (Lipinski definition) is 0. The molecule has 0 bridgehead atoms. The van der Waals surface area contributed by atoms with Crippen molar-refractivity contribution in [2.75, 3.05) is 0 Å². The van der Waals surface area contributed by atoms with Crippen molar-refractivity contribution in [1.29, 1.82) is 0 Å². The topological polar surface area (TPSA) is 0 Å². The minimum Gasteiger partial charge on any atom is -1.00 e. The van der Waals surface area contributed by atoms with E-state index in [1.54, 1.807) is 6.56 Å². The van der Waals surface area contributed by atoms with Crippen molar-refractivity contribution in [1.82, 2.24) is 0 Å². The molecule has 0 saturated carbocycles. The molecular weight excluding hydrogens is 318 g/mol. The summed E-state index contributed by atoms with van der Waals surface area (Å²) in [5, 5.41) is 0. The molecule has 0 atom stereocenters. The van der Waals surface area contributed by atoms with Gasteiger partial charge in [-0.3, -0.25) is 0 Å². The predicted molar refractivity (Wildman–Crippen MR) is 60.0 cm³/mol. The van der Waals surface area contributed by atoms with Crippen molar-refractivity contribution in [3.8, 4) is 0 Å². The minimum absolute atomic E-state index is 0. The molecule has 0 aliphatic heterocycles. The van der Waals surface area contributed by atoms with Crippen LogP contribution in [0.15, 0.2) is 42.0 Å². The molecule has 0 aromatic heterocycles. The number of hydrogen-bond donors (Lipinski definition) is 0. The summed E-state index contributed by atoms with van der Waals surface area (Å²) in [6.45, 7) is 4.38. The summed E-state index contributed by atoms with van der Waals surface area (Å²) in [6.07, 6.45) is 11.8. The fraction of sp³-hybridized carbons (Fsp3) is 0.308. The summed E-state index contributed by atoms with van der Waals surface area (Å²) in [5.41, 5.74) is 2.87. The maximum absolute atomic E-state index is 4.46. The molecule has 2 aliphatic rings. The number of rotatable bonds is 2. The third kappa shape index (κ3) is 3.65. The normalized spacial score (nSPS) is 17.1. The van der Waals surface area contributed by atoms with E-state index >= 15 is 0 Å². The van der Waals surface area contributed by atoms with Gasteiger partial charge in [0.05, 0.1) is 0 Å². The van der Waals surface area contributed by atoms with Crippen LogP contribution in [-0.2, 0) is 21.3 Å². The van der Waals surface area contributed by atoms with E-state index in [0.717, 1.165) is 0 Å². The van der Waals surface area contributed by atoms with Crippen molar-refractivity contribution in [3.05, 3.63) is 42.0 Å². The van der Waals surface area contributed by atoms with Gasteiger partial charge in [-0.15, -0.1) is 0 Å². The molecule has 0 amide bonds. The van der Waals surface area contributed by atoms with E-state index in [1.807, 2.05) is 0 Å². The van der Waals surface area contributed by atoms with Crippen LogP contribution in [0, 0.1) is 0 Å². The summed E-state index contributed by atoms with van der Waals surface area (Å²) < 4.78 is 7.80. The van der Waals surface area contributed by atoms with E-state index in [9.17, 15) is 0 Å². The van der Waals surface area contributed by atoms with Gasteiger partial charge in [-0.05, 0) is 0 Å². The van der Waals surface area contributed by atoms with Crippen LogP contribution in [0.5, 0.6) is 0 Å². The van der Waals surface area contributed by atoms with Crippen molar-refractivity contribution in [2.24, 2.45) is 0 Å². The van der Waals surface area contributed by atoms with Crippen LogP contribution in [0.25, 0.3) is 0 Å². The maximum Gasteiger partial charge on any atom is -1.00 e. The monoisotopic (exact) mass is 332 g/mol. The summed E-state index contributed by atoms with van der Waals surface area (Å²) in [6, 6.07) is 0. The molecule has 0 nitrogen and oxygen atoms in total. The third-order valence-electron chi connectivity index (χ3n) is 2.87. The molecule has 0 fully saturated rings. The van der Waals surface area contributed by atoms with Crippen LogP contribution >= 0.6 is 0 Å². The van der Waals surface area contributed by atoms with Gasteiger partial charge in [0.1, 0.15) is 0 Å². The Bertz CT molecular complexity index is 374. The Morgan fingerprint density at radius 3 is 1.56 bits per heavy atom. The Morgan fingerprint density at radius 1 is 0.938 bits per heavy atom. The van der Waals surface area contributed by atoms with Crippen LogP contribution in [0.3, 0.4) is 0 Å². The first-order valence-corrected chi connectivity index (χ1v) is 9.31. The molecule has 3 heteroatoms. The number of allylic oxidation sites excluding steroid dienone is 8. The summed E-state index contributed by atoms with van der Waals surface area (Å²) >= 11 is -1.60. The van der Waals surface area contributed by atoms with Crippen molar-refractivity contribution in [3.63, 3.8) is 0 Å². The molecule has 0 N–H and O–H groups in total. The smallest absolute Gasteiger partial charge is 1.00 e. The van der Waals surface area contributed by atoms with Gasteiger partial charge in [-0.2, -0.15) is 0 Å². The van der Waals surface area contributed by atoms with Crippen LogP contribution in [0.4, 0.5) is 0 Å². The molecule has 2 rings (SSSR count). The molecule has 0 spiro atoms. The van der Waals surface area contributed by atoms with Gasteiger partial charge in [0, 0.05) is 0 Å². The molecule has 0 aromatic carbocycles. The average molecular weight is 334 g/mol. The predicted octanol–water partition coefficient (Wildman–Crippen LogP) is -2.49. The third-order valence-corrected chi connectivity index (χ3v) is 8.39. The molecule has 0 unspecified atom stereocenters. The van der Waals surface area contributed by atoms with Gasteiger partial charge >= 0.3 is 94.2 Å². The van der Waals surface area contributed by atoms with Crippen LogP contribution in [-0.4, -0.2) is 4.21 Å². The molecule has 0 radical (unpaired) electrons. The molecule has 2 aliphatic carbocycles. The Hall–Kier alpha value is 0.293. The van der Waals surface area contributed by atoms with Crippen LogP contribution in [0.2, 0.25) is 0 Å². The van der Waals surface area contributed by atoms with Gasteiger partial charge < -0.3 is 24.8 Å². The van der Waals surface area contributed by atoms with E-state index in [-0.39, 0.29) is 24.8 Å². The van der Waals surface area contributed by atoms with Gasteiger partial charge in [0.2, 0.25) is 0 Å². The molecular formula is C13H16Cl2Zr. The first-order chi connectivity index (χ1) is 6.66. The Morgan fingerprint density at radius 2 is 1.31 bits per heavy atom. The zero-order chi connectivity index (χ0) is 10.1. The van der Waals surface area contributed by atoms with E-state index in [2.05, 4.69) is 42.4 Å². The summed E-state index contributed by atoms with van der Waals surface area (Å²) in [5.74, 6) is 0. The molecule has 0 saturated heterocycles. The second kappa shape index (κ2) is 6.89. The fourth-order valence-electron chi connectivity index (χ4n) is 1.95.